The standard InChI is InChI=1S/C8H10O2.C7H9N/c1-2-10-8-6-4-3-5-7(8)9;8-6-7-4-2-1-3-5-7/h3-6,9H,2H2,1H3;1-5H,6,8H2. The van der Waals surface area contributed by atoms with E-state index in [4.69, 9.17) is 15.6 Å². The fourth-order valence-corrected chi connectivity index (χ4v) is 1.35. The largest absolute Gasteiger partial charge is 0.504 e. The Balaban J connectivity index is 0.000000184. The maximum atomic E-state index is 9.12. The van der Waals surface area contributed by atoms with Crippen LogP contribution in [0.3, 0.4) is 0 Å². The van der Waals surface area contributed by atoms with Crippen molar-refractivity contribution in [2.75, 3.05) is 6.61 Å². The van der Waals surface area contributed by atoms with Crippen LogP contribution in [0.4, 0.5) is 0 Å². The van der Waals surface area contributed by atoms with Crippen molar-refractivity contribution >= 4 is 0 Å². The van der Waals surface area contributed by atoms with Gasteiger partial charge in [-0.1, -0.05) is 42.5 Å². The number of benzene rings is 2. The van der Waals surface area contributed by atoms with Crippen LogP contribution in [0.15, 0.2) is 54.6 Å². The molecule has 0 saturated heterocycles. The molecule has 2 aromatic carbocycles. The molecule has 2 aromatic rings. The van der Waals surface area contributed by atoms with Crippen molar-refractivity contribution in [1.29, 1.82) is 0 Å². The highest BCUT2D eigenvalue weighted by atomic mass is 16.5. The number of hydrogen-bond donors (Lipinski definition) is 2. The zero-order valence-corrected chi connectivity index (χ0v) is 10.5. The summed E-state index contributed by atoms with van der Waals surface area (Å²) in [6.07, 6.45) is 0. The van der Waals surface area contributed by atoms with Gasteiger partial charge in [-0.2, -0.15) is 0 Å². The number of nitrogens with two attached hydrogens (primary N) is 1. The van der Waals surface area contributed by atoms with Crippen molar-refractivity contribution in [2.24, 2.45) is 5.73 Å². The van der Waals surface area contributed by atoms with Crippen molar-refractivity contribution < 1.29 is 9.84 Å². The SMILES string of the molecule is CCOc1ccccc1O.NCc1ccccc1. The van der Waals surface area contributed by atoms with E-state index in [0.29, 0.717) is 18.9 Å². The first kappa shape index (κ1) is 14.1. The predicted molar refractivity (Wildman–Crippen MR) is 73.6 cm³/mol. The minimum atomic E-state index is 0.198. The fraction of sp³-hybridized carbons (Fsp3) is 0.200. The molecule has 2 rings (SSSR count). The zero-order chi connectivity index (χ0) is 13.2. The van der Waals surface area contributed by atoms with Crippen LogP contribution < -0.4 is 10.5 Å². The van der Waals surface area contributed by atoms with Crippen LogP contribution in [0.25, 0.3) is 0 Å². The lowest BCUT2D eigenvalue weighted by Gasteiger charge is -2.02. The summed E-state index contributed by atoms with van der Waals surface area (Å²) in [6.45, 7) is 3.10. The minimum absolute atomic E-state index is 0.198. The topological polar surface area (TPSA) is 55.5 Å². The van der Waals surface area contributed by atoms with Gasteiger partial charge < -0.3 is 15.6 Å². The van der Waals surface area contributed by atoms with Crippen LogP contribution in [0.2, 0.25) is 0 Å². The van der Waals surface area contributed by atoms with Crippen molar-refractivity contribution in [3.05, 3.63) is 60.2 Å². The van der Waals surface area contributed by atoms with Gasteiger partial charge in [-0.25, -0.2) is 0 Å². The Bertz CT molecular complexity index is 443. The van der Waals surface area contributed by atoms with Gasteiger partial charge in [0.05, 0.1) is 6.61 Å². The number of rotatable bonds is 3. The van der Waals surface area contributed by atoms with Crippen molar-refractivity contribution in [1.82, 2.24) is 0 Å². The molecule has 0 radical (unpaired) electrons. The fourth-order valence-electron chi connectivity index (χ4n) is 1.35. The van der Waals surface area contributed by atoms with Crippen LogP contribution in [-0.4, -0.2) is 11.7 Å². The number of para-hydroxylation sites is 2. The van der Waals surface area contributed by atoms with Gasteiger partial charge in [0.25, 0.3) is 0 Å². The smallest absolute Gasteiger partial charge is 0.160 e. The van der Waals surface area contributed by atoms with E-state index >= 15 is 0 Å². The molecule has 0 amide bonds. The van der Waals surface area contributed by atoms with Gasteiger partial charge in [-0.05, 0) is 24.6 Å². The molecule has 0 bridgehead atoms. The van der Waals surface area contributed by atoms with Gasteiger partial charge in [0.1, 0.15) is 0 Å². The van der Waals surface area contributed by atoms with E-state index in [1.165, 1.54) is 5.56 Å². The van der Waals surface area contributed by atoms with Gasteiger partial charge in [0, 0.05) is 6.54 Å². The van der Waals surface area contributed by atoms with Crippen LogP contribution in [-0.2, 0) is 6.54 Å². The van der Waals surface area contributed by atoms with E-state index in [2.05, 4.69) is 0 Å². The first-order valence-corrected chi connectivity index (χ1v) is 5.92. The van der Waals surface area contributed by atoms with E-state index in [-0.39, 0.29) is 5.75 Å². The third-order valence-electron chi connectivity index (χ3n) is 2.24. The molecule has 18 heavy (non-hydrogen) atoms. The first-order valence-electron chi connectivity index (χ1n) is 5.92. The quantitative estimate of drug-likeness (QED) is 0.874. The molecule has 3 N–H and O–H groups in total. The summed E-state index contributed by atoms with van der Waals surface area (Å²) in [5.74, 6) is 0.745. The number of phenols is 1. The summed E-state index contributed by atoms with van der Waals surface area (Å²) in [6, 6.07) is 16.9. The van der Waals surface area contributed by atoms with Crippen molar-refractivity contribution in [2.45, 2.75) is 13.5 Å². The molecule has 3 nitrogen and oxygen atoms in total. The van der Waals surface area contributed by atoms with E-state index in [1.54, 1.807) is 18.2 Å². The Labute approximate surface area is 108 Å². The van der Waals surface area contributed by atoms with E-state index < -0.39 is 0 Å². The number of hydrogen-bond acceptors (Lipinski definition) is 3. The van der Waals surface area contributed by atoms with Gasteiger partial charge in [-0.3, -0.25) is 0 Å². The van der Waals surface area contributed by atoms with E-state index in [9.17, 15) is 0 Å². The average Bonchev–Trinajstić information content (AvgIpc) is 2.43. The molecule has 0 aromatic heterocycles. The highest BCUT2D eigenvalue weighted by Crippen LogP contribution is 2.23. The Morgan fingerprint density at radius 1 is 1.00 bits per heavy atom. The summed E-state index contributed by atoms with van der Waals surface area (Å²) >= 11 is 0. The Morgan fingerprint density at radius 2 is 1.61 bits per heavy atom. The summed E-state index contributed by atoms with van der Waals surface area (Å²) in [5, 5.41) is 9.12. The molecule has 3 heteroatoms. The zero-order valence-electron chi connectivity index (χ0n) is 10.5. The molecule has 0 spiro atoms. The lowest BCUT2D eigenvalue weighted by Crippen LogP contribution is -1.94. The van der Waals surface area contributed by atoms with Crippen molar-refractivity contribution in [3.63, 3.8) is 0 Å². The summed E-state index contributed by atoms with van der Waals surface area (Å²) in [7, 11) is 0. The van der Waals surface area contributed by atoms with E-state index in [0.717, 1.165) is 0 Å². The number of phenolic OH excluding ortho intramolecular Hbond substituents is 1. The summed E-state index contributed by atoms with van der Waals surface area (Å²) < 4.78 is 5.09. The predicted octanol–water partition coefficient (Wildman–Crippen LogP) is 2.94. The maximum Gasteiger partial charge on any atom is 0.160 e. The first-order chi connectivity index (χ1) is 8.77. The average molecular weight is 245 g/mol. The normalized spacial score (nSPS) is 9.22. The Hall–Kier alpha value is -2.00. The molecule has 0 saturated carbocycles. The third kappa shape index (κ3) is 4.89. The maximum absolute atomic E-state index is 9.12. The van der Waals surface area contributed by atoms with Crippen LogP contribution in [0.5, 0.6) is 11.5 Å². The van der Waals surface area contributed by atoms with Crippen LogP contribution >= 0.6 is 0 Å². The molecule has 0 heterocycles. The summed E-state index contributed by atoms with van der Waals surface area (Å²) in [4.78, 5) is 0. The summed E-state index contributed by atoms with van der Waals surface area (Å²) in [5.41, 5.74) is 6.54. The minimum Gasteiger partial charge on any atom is -0.504 e. The second kappa shape index (κ2) is 8.14. The lowest BCUT2D eigenvalue weighted by molar-refractivity contribution is 0.318. The second-order valence-electron chi connectivity index (χ2n) is 3.59. The van der Waals surface area contributed by atoms with Gasteiger partial charge in [-0.15, -0.1) is 0 Å². The molecule has 0 fully saturated rings. The lowest BCUT2D eigenvalue weighted by atomic mass is 10.2. The molecule has 96 valence electrons. The highest BCUT2D eigenvalue weighted by molar-refractivity contribution is 5.37. The highest BCUT2D eigenvalue weighted by Gasteiger charge is 1.96. The molecule has 0 aliphatic carbocycles. The molecule has 0 unspecified atom stereocenters. The van der Waals surface area contributed by atoms with Gasteiger partial charge >= 0.3 is 0 Å². The Kier molecular flexibility index (Phi) is 6.36. The molecular formula is C15H19NO2. The van der Waals surface area contributed by atoms with Crippen molar-refractivity contribution in [3.8, 4) is 11.5 Å². The number of aromatic hydroxyl groups is 1. The monoisotopic (exact) mass is 245 g/mol. The number of ether oxygens (including phenoxy) is 1. The Morgan fingerprint density at radius 3 is 2.11 bits per heavy atom. The van der Waals surface area contributed by atoms with Crippen LogP contribution in [0.1, 0.15) is 12.5 Å². The third-order valence-corrected chi connectivity index (χ3v) is 2.24. The van der Waals surface area contributed by atoms with Gasteiger partial charge in [0.15, 0.2) is 11.5 Å². The van der Waals surface area contributed by atoms with E-state index in [1.807, 2.05) is 43.3 Å². The molecule has 0 aliphatic heterocycles. The van der Waals surface area contributed by atoms with Gasteiger partial charge in [0.2, 0.25) is 0 Å². The molecular weight excluding hydrogens is 226 g/mol. The second-order valence-corrected chi connectivity index (χ2v) is 3.59. The molecule has 0 aliphatic rings. The molecule has 0 atom stereocenters. The van der Waals surface area contributed by atoms with Crippen LogP contribution in [0, 0.1) is 0 Å².